The monoisotopic (exact) mass is 394 g/mol. The number of nitrogens with one attached hydrogen (secondary N) is 1. The molecule has 0 saturated carbocycles. The second-order valence-corrected chi connectivity index (χ2v) is 6.77. The van der Waals surface area contributed by atoms with Crippen LogP contribution in [0.25, 0.3) is 0 Å². The Morgan fingerprint density at radius 1 is 1.14 bits per heavy atom. The number of amides is 2. The number of carbonyl (C=O) groups is 4. The van der Waals surface area contributed by atoms with E-state index in [4.69, 9.17) is 4.74 Å². The molecule has 2 aromatic carbocycles. The fourth-order valence-corrected chi connectivity index (χ4v) is 3.27. The Hall–Kier alpha value is -3.48. The number of anilines is 2. The van der Waals surface area contributed by atoms with Gasteiger partial charge in [0.25, 0.3) is 0 Å². The molecule has 1 fully saturated rings. The van der Waals surface area contributed by atoms with Crippen molar-refractivity contribution in [3.8, 4) is 0 Å². The van der Waals surface area contributed by atoms with E-state index < -0.39 is 11.9 Å². The van der Waals surface area contributed by atoms with Crippen LogP contribution < -0.4 is 10.2 Å². The average molecular weight is 394 g/mol. The van der Waals surface area contributed by atoms with Gasteiger partial charge in [-0.25, -0.2) is 4.79 Å². The maximum Gasteiger partial charge on any atom is 0.340 e. The number of nitrogens with zero attached hydrogens (tertiary/aromatic N) is 1. The Balaban J connectivity index is 1.75. The zero-order valence-corrected chi connectivity index (χ0v) is 16.3. The summed E-state index contributed by atoms with van der Waals surface area (Å²) in [6.07, 6.45) is 0.0371. The van der Waals surface area contributed by atoms with E-state index in [1.54, 1.807) is 55.5 Å². The van der Waals surface area contributed by atoms with Crippen LogP contribution in [-0.4, -0.2) is 36.7 Å². The van der Waals surface area contributed by atoms with Gasteiger partial charge in [0, 0.05) is 24.2 Å². The van der Waals surface area contributed by atoms with Crippen molar-refractivity contribution in [3.63, 3.8) is 0 Å². The minimum Gasteiger partial charge on any atom is -0.462 e. The van der Waals surface area contributed by atoms with Gasteiger partial charge in [0.1, 0.15) is 0 Å². The third-order valence-electron chi connectivity index (χ3n) is 4.72. The summed E-state index contributed by atoms with van der Waals surface area (Å²) in [5.41, 5.74) is 1.72. The van der Waals surface area contributed by atoms with E-state index in [-0.39, 0.29) is 42.7 Å². The molecule has 1 unspecified atom stereocenters. The summed E-state index contributed by atoms with van der Waals surface area (Å²) in [6.45, 7) is 3.55. The van der Waals surface area contributed by atoms with Gasteiger partial charge in [-0.15, -0.1) is 0 Å². The summed E-state index contributed by atoms with van der Waals surface area (Å²) in [4.78, 5) is 50.4. The van der Waals surface area contributed by atoms with Gasteiger partial charge in [-0.1, -0.05) is 24.3 Å². The maximum atomic E-state index is 12.7. The van der Waals surface area contributed by atoms with Crippen LogP contribution in [0.3, 0.4) is 0 Å². The third kappa shape index (κ3) is 4.51. The van der Waals surface area contributed by atoms with Crippen molar-refractivity contribution in [3.05, 3.63) is 59.7 Å². The van der Waals surface area contributed by atoms with E-state index in [2.05, 4.69) is 5.32 Å². The summed E-state index contributed by atoms with van der Waals surface area (Å²) >= 11 is 0. The number of carbonyl (C=O) groups excluding carboxylic acids is 4. The highest BCUT2D eigenvalue weighted by Crippen LogP contribution is 2.29. The molecule has 2 amide bonds. The van der Waals surface area contributed by atoms with E-state index in [1.807, 2.05) is 0 Å². The highest BCUT2D eigenvalue weighted by Gasteiger charge is 2.36. The van der Waals surface area contributed by atoms with Crippen LogP contribution in [0, 0.1) is 5.92 Å². The van der Waals surface area contributed by atoms with Gasteiger partial charge in [-0.3, -0.25) is 14.4 Å². The minimum absolute atomic E-state index is 0.0371. The number of ether oxygens (including phenoxy) is 1. The number of ketones is 1. The Labute approximate surface area is 168 Å². The van der Waals surface area contributed by atoms with Gasteiger partial charge in [0.2, 0.25) is 11.8 Å². The number of hydrogen-bond donors (Lipinski definition) is 1. The van der Waals surface area contributed by atoms with Crippen molar-refractivity contribution in [1.29, 1.82) is 0 Å². The lowest BCUT2D eigenvalue weighted by Gasteiger charge is -2.19. The molecule has 7 nitrogen and oxygen atoms in total. The number of benzene rings is 2. The zero-order valence-electron chi connectivity index (χ0n) is 16.3. The van der Waals surface area contributed by atoms with E-state index in [9.17, 15) is 19.2 Å². The van der Waals surface area contributed by atoms with Gasteiger partial charge in [-0.2, -0.15) is 0 Å². The summed E-state index contributed by atoms with van der Waals surface area (Å²) < 4.78 is 5.06. The van der Waals surface area contributed by atoms with Crippen molar-refractivity contribution < 1.29 is 23.9 Å². The number of Topliss-reactive ketones (excluding diaryl/α,β-unsaturated/α-hetero) is 1. The van der Waals surface area contributed by atoms with Gasteiger partial charge >= 0.3 is 5.97 Å². The van der Waals surface area contributed by atoms with E-state index in [0.717, 1.165) is 0 Å². The minimum atomic E-state index is -0.571. The van der Waals surface area contributed by atoms with E-state index in [1.165, 1.54) is 11.8 Å². The first-order chi connectivity index (χ1) is 13.9. The van der Waals surface area contributed by atoms with Crippen LogP contribution in [0.1, 0.15) is 41.0 Å². The molecular weight excluding hydrogens is 372 g/mol. The molecule has 1 aliphatic rings. The highest BCUT2D eigenvalue weighted by atomic mass is 16.5. The summed E-state index contributed by atoms with van der Waals surface area (Å²) in [5.74, 6) is -1.72. The molecule has 0 spiro atoms. The normalized spacial score (nSPS) is 15.9. The van der Waals surface area contributed by atoms with Crippen LogP contribution in [0.2, 0.25) is 0 Å². The molecule has 1 aliphatic heterocycles. The zero-order chi connectivity index (χ0) is 21.0. The average Bonchev–Trinajstić information content (AvgIpc) is 3.10. The maximum absolute atomic E-state index is 12.7. The number of para-hydroxylation sites is 1. The predicted molar refractivity (Wildman–Crippen MR) is 108 cm³/mol. The van der Waals surface area contributed by atoms with Crippen LogP contribution >= 0.6 is 0 Å². The second-order valence-electron chi connectivity index (χ2n) is 6.77. The largest absolute Gasteiger partial charge is 0.462 e. The molecule has 0 radical (unpaired) electrons. The Kier molecular flexibility index (Phi) is 6.07. The molecule has 3 rings (SSSR count). The van der Waals surface area contributed by atoms with E-state index in [0.29, 0.717) is 16.9 Å². The van der Waals surface area contributed by atoms with Crippen molar-refractivity contribution in [1.82, 2.24) is 0 Å². The second kappa shape index (κ2) is 8.68. The molecule has 150 valence electrons. The van der Waals surface area contributed by atoms with Crippen molar-refractivity contribution in [2.45, 2.75) is 20.3 Å². The van der Waals surface area contributed by atoms with Crippen LogP contribution in [0.15, 0.2) is 48.5 Å². The lowest BCUT2D eigenvalue weighted by atomic mass is 10.1. The van der Waals surface area contributed by atoms with Crippen molar-refractivity contribution in [2.24, 2.45) is 5.92 Å². The summed E-state index contributed by atoms with van der Waals surface area (Å²) in [7, 11) is 0. The van der Waals surface area contributed by atoms with Crippen LogP contribution in [0.4, 0.5) is 11.4 Å². The molecule has 1 atom stereocenters. The SMILES string of the molecule is CCOC(=O)c1ccccc1N1CC(C(=O)Nc2cccc(C(C)=O)c2)CC1=O. The molecule has 0 aromatic heterocycles. The topological polar surface area (TPSA) is 92.8 Å². The molecule has 29 heavy (non-hydrogen) atoms. The first-order valence-corrected chi connectivity index (χ1v) is 9.39. The summed E-state index contributed by atoms with van der Waals surface area (Å²) in [5, 5.41) is 2.77. The van der Waals surface area contributed by atoms with Crippen LogP contribution in [-0.2, 0) is 14.3 Å². The smallest absolute Gasteiger partial charge is 0.340 e. The highest BCUT2D eigenvalue weighted by molar-refractivity contribution is 6.07. The van der Waals surface area contributed by atoms with Crippen LogP contribution in [0.5, 0.6) is 0 Å². The van der Waals surface area contributed by atoms with E-state index >= 15 is 0 Å². The Bertz CT molecular complexity index is 969. The first kappa shape index (κ1) is 20.3. The molecule has 0 bridgehead atoms. The molecule has 1 saturated heterocycles. The number of rotatable bonds is 6. The number of esters is 1. The molecule has 1 N–H and O–H groups in total. The third-order valence-corrected chi connectivity index (χ3v) is 4.72. The van der Waals surface area contributed by atoms with Crippen molar-refractivity contribution >= 4 is 34.9 Å². The molecule has 2 aromatic rings. The quantitative estimate of drug-likeness (QED) is 0.600. The van der Waals surface area contributed by atoms with Gasteiger partial charge < -0.3 is 15.0 Å². The predicted octanol–water partition coefficient (Wildman–Crippen LogP) is 3.06. The Morgan fingerprint density at radius 3 is 2.62 bits per heavy atom. The lowest BCUT2D eigenvalue weighted by molar-refractivity contribution is -0.122. The fourth-order valence-electron chi connectivity index (χ4n) is 3.27. The number of hydrogen-bond acceptors (Lipinski definition) is 5. The molecule has 7 heteroatoms. The fraction of sp³-hybridized carbons (Fsp3) is 0.273. The Morgan fingerprint density at radius 2 is 1.90 bits per heavy atom. The van der Waals surface area contributed by atoms with Gasteiger partial charge in [0.15, 0.2) is 5.78 Å². The first-order valence-electron chi connectivity index (χ1n) is 9.39. The molecular formula is C22H22N2O5. The molecule has 1 heterocycles. The lowest BCUT2D eigenvalue weighted by Crippen LogP contribution is -2.29. The standard InChI is InChI=1S/C22H22N2O5/c1-3-29-22(28)18-9-4-5-10-19(18)24-13-16(12-20(24)26)21(27)23-17-8-6-7-15(11-17)14(2)25/h4-11,16H,3,12-13H2,1-2H3,(H,23,27). The van der Waals surface area contributed by atoms with Crippen molar-refractivity contribution in [2.75, 3.05) is 23.4 Å². The van der Waals surface area contributed by atoms with Gasteiger partial charge in [-0.05, 0) is 38.1 Å². The summed E-state index contributed by atoms with van der Waals surface area (Å²) in [6, 6.07) is 13.3. The molecule has 0 aliphatic carbocycles. The van der Waals surface area contributed by atoms with Gasteiger partial charge in [0.05, 0.1) is 23.8 Å².